The number of benzene rings is 1. The average Bonchev–Trinajstić information content (AvgIpc) is 2.42. The van der Waals surface area contributed by atoms with Gasteiger partial charge >= 0.3 is 6.18 Å². The van der Waals surface area contributed by atoms with Gasteiger partial charge in [-0.15, -0.1) is 0 Å². The summed E-state index contributed by atoms with van der Waals surface area (Å²) in [6.45, 7) is 0. The summed E-state index contributed by atoms with van der Waals surface area (Å²) < 4.78 is 38.9. The van der Waals surface area contributed by atoms with Crippen molar-refractivity contribution in [3.05, 3.63) is 33.8 Å². The third kappa shape index (κ3) is 4.53. The Balaban J connectivity index is 1.99. The molecule has 1 N–H and O–H groups in total. The van der Waals surface area contributed by atoms with Crippen LogP contribution in [0.1, 0.15) is 31.2 Å². The topological polar surface area (TPSA) is 29.1 Å². The molecule has 2 atom stereocenters. The number of alkyl halides is 3. The first-order valence-corrected chi connectivity index (χ1v) is 7.83. The van der Waals surface area contributed by atoms with Crippen LogP contribution in [0.4, 0.5) is 13.2 Å². The second-order valence-electron chi connectivity index (χ2n) is 5.53. The average molecular weight is 354 g/mol. The molecule has 122 valence electrons. The largest absolute Gasteiger partial charge is 0.393 e. The molecular weight excluding hydrogens is 338 g/mol. The number of amides is 1. The molecule has 0 saturated heterocycles. The maximum atomic E-state index is 13.0. The molecule has 0 radical (unpaired) electrons. The molecule has 0 heterocycles. The van der Waals surface area contributed by atoms with Crippen molar-refractivity contribution in [3.63, 3.8) is 0 Å². The Morgan fingerprint density at radius 2 is 1.86 bits per heavy atom. The summed E-state index contributed by atoms with van der Waals surface area (Å²) in [5.41, 5.74) is 0.617. The van der Waals surface area contributed by atoms with Gasteiger partial charge in [-0.1, -0.05) is 42.1 Å². The van der Waals surface area contributed by atoms with Crippen LogP contribution in [0.2, 0.25) is 10.0 Å². The summed E-state index contributed by atoms with van der Waals surface area (Å²) in [4.78, 5) is 12.0. The van der Waals surface area contributed by atoms with E-state index in [2.05, 4.69) is 5.32 Å². The molecule has 2 nitrogen and oxygen atoms in total. The summed E-state index contributed by atoms with van der Waals surface area (Å²) in [5, 5.41) is 3.21. The SMILES string of the molecule is O=C(Cc1ccc(Cl)c(Cl)c1)N[C@@H]1CCCC[C@H]1C(F)(F)F. The molecule has 22 heavy (non-hydrogen) atoms. The summed E-state index contributed by atoms with van der Waals surface area (Å²) >= 11 is 11.6. The number of nitrogens with one attached hydrogen (secondary N) is 1. The zero-order valence-corrected chi connectivity index (χ0v) is 13.2. The van der Waals surface area contributed by atoms with Crippen molar-refractivity contribution in [3.8, 4) is 0 Å². The van der Waals surface area contributed by atoms with Crippen LogP contribution < -0.4 is 5.32 Å². The molecule has 2 rings (SSSR count). The van der Waals surface area contributed by atoms with Crippen LogP contribution in [0, 0.1) is 5.92 Å². The Bertz CT molecular complexity index is 548. The van der Waals surface area contributed by atoms with Gasteiger partial charge in [0.15, 0.2) is 0 Å². The Labute approximate surface area is 137 Å². The van der Waals surface area contributed by atoms with Crippen LogP contribution in [0.25, 0.3) is 0 Å². The first-order chi connectivity index (χ1) is 10.3. The highest BCUT2D eigenvalue weighted by atomic mass is 35.5. The number of hydrogen-bond donors (Lipinski definition) is 1. The molecule has 0 unspecified atom stereocenters. The number of halogens is 5. The molecule has 1 amide bonds. The fourth-order valence-corrected chi connectivity index (χ4v) is 3.11. The van der Waals surface area contributed by atoms with Gasteiger partial charge < -0.3 is 5.32 Å². The maximum Gasteiger partial charge on any atom is 0.393 e. The van der Waals surface area contributed by atoms with Gasteiger partial charge in [0.2, 0.25) is 5.91 Å². The van der Waals surface area contributed by atoms with Crippen LogP contribution in [-0.4, -0.2) is 18.1 Å². The first-order valence-electron chi connectivity index (χ1n) is 7.07. The molecule has 1 aromatic carbocycles. The van der Waals surface area contributed by atoms with Crippen molar-refractivity contribution in [1.29, 1.82) is 0 Å². The molecule has 0 aromatic heterocycles. The molecule has 1 fully saturated rings. The van der Waals surface area contributed by atoms with Gasteiger partial charge in [-0.05, 0) is 30.5 Å². The standard InChI is InChI=1S/C15H16Cl2F3NO/c16-11-6-5-9(7-12(11)17)8-14(22)21-13-4-2-1-3-10(13)15(18,19)20/h5-7,10,13H,1-4,8H2,(H,21,22)/t10-,13-/m1/s1. The number of carbonyl (C=O) groups is 1. The van der Waals surface area contributed by atoms with Crippen LogP contribution in [-0.2, 0) is 11.2 Å². The lowest BCUT2D eigenvalue weighted by molar-refractivity contribution is -0.189. The lowest BCUT2D eigenvalue weighted by Gasteiger charge is -2.33. The highest BCUT2D eigenvalue weighted by Gasteiger charge is 2.45. The molecule has 1 aliphatic carbocycles. The predicted octanol–water partition coefficient (Wildman–Crippen LogP) is 4.77. The van der Waals surface area contributed by atoms with Crippen LogP contribution in [0.15, 0.2) is 18.2 Å². The van der Waals surface area contributed by atoms with E-state index in [1.807, 2.05) is 0 Å². The van der Waals surface area contributed by atoms with E-state index >= 15 is 0 Å². The Morgan fingerprint density at radius 1 is 1.18 bits per heavy atom. The normalized spacial score (nSPS) is 22.4. The molecule has 1 saturated carbocycles. The molecule has 7 heteroatoms. The number of hydrogen-bond acceptors (Lipinski definition) is 1. The predicted molar refractivity (Wildman–Crippen MR) is 80.1 cm³/mol. The first kappa shape index (κ1) is 17.4. The monoisotopic (exact) mass is 353 g/mol. The van der Waals surface area contributed by atoms with E-state index in [9.17, 15) is 18.0 Å². The fourth-order valence-electron chi connectivity index (χ4n) is 2.79. The molecule has 1 aliphatic rings. The van der Waals surface area contributed by atoms with E-state index in [0.29, 0.717) is 34.9 Å². The minimum Gasteiger partial charge on any atom is -0.352 e. The van der Waals surface area contributed by atoms with Crippen molar-refractivity contribution >= 4 is 29.1 Å². The van der Waals surface area contributed by atoms with Gasteiger partial charge in [0.25, 0.3) is 0 Å². The third-order valence-corrected chi connectivity index (χ3v) is 4.62. The Hall–Kier alpha value is -0.940. The third-order valence-electron chi connectivity index (χ3n) is 3.88. The summed E-state index contributed by atoms with van der Waals surface area (Å²) in [7, 11) is 0. The second kappa shape index (κ2) is 7.09. The van der Waals surface area contributed by atoms with Crippen LogP contribution in [0.5, 0.6) is 0 Å². The lowest BCUT2D eigenvalue weighted by Crippen LogP contribution is -2.48. The Kier molecular flexibility index (Phi) is 5.61. The van der Waals surface area contributed by atoms with E-state index in [1.165, 1.54) is 0 Å². The molecule has 0 bridgehead atoms. The maximum absolute atomic E-state index is 13.0. The highest BCUT2D eigenvalue weighted by molar-refractivity contribution is 6.42. The molecular formula is C15H16Cl2F3NO. The van der Waals surface area contributed by atoms with E-state index < -0.39 is 24.0 Å². The lowest BCUT2D eigenvalue weighted by atomic mass is 9.84. The van der Waals surface area contributed by atoms with Crippen LogP contribution in [0.3, 0.4) is 0 Å². The van der Waals surface area contributed by atoms with Crippen molar-refractivity contribution in [2.45, 2.75) is 44.3 Å². The summed E-state index contributed by atoms with van der Waals surface area (Å²) in [6, 6.07) is 3.90. The van der Waals surface area contributed by atoms with E-state index in [-0.39, 0.29) is 12.8 Å². The van der Waals surface area contributed by atoms with Gasteiger partial charge in [-0.25, -0.2) is 0 Å². The zero-order valence-electron chi connectivity index (χ0n) is 11.7. The van der Waals surface area contributed by atoms with Crippen molar-refractivity contribution in [1.82, 2.24) is 5.32 Å². The van der Waals surface area contributed by atoms with Gasteiger partial charge in [0, 0.05) is 6.04 Å². The van der Waals surface area contributed by atoms with Gasteiger partial charge in [0.1, 0.15) is 0 Å². The smallest absolute Gasteiger partial charge is 0.352 e. The quantitative estimate of drug-likeness (QED) is 0.832. The van der Waals surface area contributed by atoms with E-state index in [4.69, 9.17) is 23.2 Å². The fraction of sp³-hybridized carbons (Fsp3) is 0.533. The van der Waals surface area contributed by atoms with Gasteiger partial charge in [-0.2, -0.15) is 13.2 Å². The van der Waals surface area contributed by atoms with Crippen LogP contribution >= 0.6 is 23.2 Å². The van der Waals surface area contributed by atoms with Gasteiger partial charge in [-0.3, -0.25) is 4.79 Å². The van der Waals surface area contributed by atoms with Gasteiger partial charge in [0.05, 0.1) is 22.4 Å². The van der Waals surface area contributed by atoms with Crippen molar-refractivity contribution in [2.75, 3.05) is 0 Å². The number of rotatable bonds is 3. The van der Waals surface area contributed by atoms with Crippen molar-refractivity contribution < 1.29 is 18.0 Å². The molecule has 1 aromatic rings. The van der Waals surface area contributed by atoms with E-state index in [0.717, 1.165) is 0 Å². The highest BCUT2D eigenvalue weighted by Crippen LogP contribution is 2.37. The minimum atomic E-state index is -4.28. The molecule has 0 aliphatic heterocycles. The summed E-state index contributed by atoms with van der Waals surface area (Å²) in [6.07, 6.45) is -2.62. The second-order valence-corrected chi connectivity index (χ2v) is 6.35. The van der Waals surface area contributed by atoms with Crippen molar-refractivity contribution in [2.24, 2.45) is 5.92 Å². The minimum absolute atomic E-state index is 0.0159. The summed E-state index contributed by atoms with van der Waals surface area (Å²) in [5.74, 6) is -1.89. The molecule has 0 spiro atoms. The Morgan fingerprint density at radius 3 is 2.50 bits per heavy atom. The zero-order chi connectivity index (χ0) is 16.3. The van der Waals surface area contributed by atoms with E-state index in [1.54, 1.807) is 18.2 Å². The number of carbonyl (C=O) groups excluding carboxylic acids is 1.